The van der Waals surface area contributed by atoms with Crippen LogP contribution in [0.2, 0.25) is 0 Å². The SMILES string of the molecule is COc1c(CNCC2(CO)CCCC2)c(C)nn1C. The molecule has 108 valence electrons. The van der Waals surface area contributed by atoms with E-state index in [-0.39, 0.29) is 12.0 Å². The minimum absolute atomic E-state index is 0.0867. The Hall–Kier alpha value is -1.07. The number of ether oxygens (including phenoxy) is 1. The largest absolute Gasteiger partial charge is 0.481 e. The average molecular weight is 267 g/mol. The Labute approximate surface area is 115 Å². The summed E-state index contributed by atoms with van der Waals surface area (Å²) in [4.78, 5) is 0. The van der Waals surface area contributed by atoms with Gasteiger partial charge in [-0.05, 0) is 19.8 Å². The Morgan fingerprint density at radius 3 is 2.68 bits per heavy atom. The van der Waals surface area contributed by atoms with E-state index in [1.54, 1.807) is 11.8 Å². The van der Waals surface area contributed by atoms with Crippen LogP contribution in [0.25, 0.3) is 0 Å². The maximum atomic E-state index is 9.59. The molecule has 1 heterocycles. The number of aryl methyl sites for hydroxylation is 2. The molecule has 1 fully saturated rings. The van der Waals surface area contributed by atoms with E-state index in [9.17, 15) is 5.11 Å². The summed E-state index contributed by atoms with van der Waals surface area (Å²) in [5.74, 6) is 0.814. The lowest BCUT2D eigenvalue weighted by Crippen LogP contribution is -2.34. The van der Waals surface area contributed by atoms with Crippen molar-refractivity contribution in [2.24, 2.45) is 12.5 Å². The zero-order valence-electron chi connectivity index (χ0n) is 12.2. The summed E-state index contributed by atoms with van der Waals surface area (Å²) in [5.41, 5.74) is 2.19. The molecule has 0 atom stereocenters. The highest BCUT2D eigenvalue weighted by Gasteiger charge is 2.32. The normalized spacial score (nSPS) is 17.9. The summed E-state index contributed by atoms with van der Waals surface area (Å²) in [6.07, 6.45) is 4.72. The molecule has 0 radical (unpaired) electrons. The van der Waals surface area contributed by atoms with Gasteiger partial charge in [0.1, 0.15) is 0 Å². The second-order valence-electron chi connectivity index (χ2n) is 5.67. The van der Waals surface area contributed by atoms with Crippen molar-refractivity contribution in [3.8, 4) is 5.88 Å². The fourth-order valence-electron chi connectivity index (χ4n) is 3.11. The van der Waals surface area contributed by atoms with Crippen molar-refractivity contribution in [3.05, 3.63) is 11.3 Å². The number of aliphatic hydroxyl groups is 1. The van der Waals surface area contributed by atoms with Crippen LogP contribution < -0.4 is 10.1 Å². The second-order valence-corrected chi connectivity index (χ2v) is 5.67. The molecule has 1 aromatic rings. The van der Waals surface area contributed by atoms with E-state index in [1.165, 1.54) is 12.8 Å². The number of aromatic nitrogens is 2. The Morgan fingerprint density at radius 2 is 2.11 bits per heavy atom. The van der Waals surface area contributed by atoms with Gasteiger partial charge in [-0.1, -0.05) is 12.8 Å². The van der Waals surface area contributed by atoms with Gasteiger partial charge in [-0.2, -0.15) is 5.10 Å². The number of aliphatic hydroxyl groups excluding tert-OH is 1. The van der Waals surface area contributed by atoms with E-state index in [0.717, 1.165) is 43.1 Å². The minimum atomic E-state index is 0.0867. The van der Waals surface area contributed by atoms with Crippen molar-refractivity contribution in [1.82, 2.24) is 15.1 Å². The van der Waals surface area contributed by atoms with Crippen LogP contribution in [0, 0.1) is 12.3 Å². The molecule has 0 aliphatic heterocycles. The predicted molar refractivity (Wildman–Crippen MR) is 74.2 cm³/mol. The van der Waals surface area contributed by atoms with Crippen molar-refractivity contribution in [1.29, 1.82) is 0 Å². The van der Waals surface area contributed by atoms with Crippen molar-refractivity contribution in [3.63, 3.8) is 0 Å². The lowest BCUT2D eigenvalue weighted by Gasteiger charge is -2.26. The molecule has 0 amide bonds. The predicted octanol–water partition coefficient (Wildman–Crippen LogP) is 1.38. The van der Waals surface area contributed by atoms with Crippen LogP contribution >= 0.6 is 0 Å². The first-order valence-corrected chi connectivity index (χ1v) is 7.00. The van der Waals surface area contributed by atoms with E-state index >= 15 is 0 Å². The molecule has 5 nitrogen and oxygen atoms in total. The highest BCUT2D eigenvalue weighted by atomic mass is 16.5. The third-order valence-electron chi connectivity index (χ3n) is 4.28. The Kier molecular flexibility index (Phi) is 4.47. The van der Waals surface area contributed by atoms with Crippen LogP contribution in [0.5, 0.6) is 5.88 Å². The molecule has 2 rings (SSSR count). The first-order valence-electron chi connectivity index (χ1n) is 7.00. The number of nitrogens with one attached hydrogen (secondary N) is 1. The highest BCUT2D eigenvalue weighted by molar-refractivity contribution is 5.30. The molecule has 0 aromatic carbocycles. The van der Waals surface area contributed by atoms with Gasteiger partial charge in [0.15, 0.2) is 0 Å². The van der Waals surface area contributed by atoms with Gasteiger partial charge in [0.25, 0.3) is 0 Å². The molecular formula is C14H25N3O2. The Bertz CT molecular complexity index is 423. The Morgan fingerprint density at radius 1 is 1.42 bits per heavy atom. The van der Waals surface area contributed by atoms with E-state index in [1.807, 2.05) is 14.0 Å². The van der Waals surface area contributed by atoms with E-state index in [4.69, 9.17) is 4.74 Å². The molecule has 1 aromatic heterocycles. The molecule has 1 aliphatic carbocycles. The molecule has 0 bridgehead atoms. The van der Waals surface area contributed by atoms with Gasteiger partial charge in [-0.3, -0.25) is 0 Å². The van der Waals surface area contributed by atoms with E-state index in [0.29, 0.717) is 0 Å². The molecule has 1 saturated carbocycles. The van der Waals surface area contributed by atoms with Crippen LogP contribution in [-0.2, 0) is 13.6 Å². The molecule has 0 saturated heterocycles. The summed E-state index contributed by atoms with van der Waals surface area (Å²) < 4.78 is 7.15. The van der Waals surface area contributed by atoms with Gasteiger partial charge in [-0.15, -0.1) is 0 Å². The molecule has 19 heavy (non-hydrogen) atoms. The average Bonchev–Trinajstić information content (AvgIpc) is 2.96. The third-order valence-corrected chi connectivity index (χ3v) is 4.28. The van der Waals surface area contributed by atoms with Crippen molar-refractivity contribution >= 4 is 0 Å². The fourth-order valence-corrected chi connectivity index (χ4v) is 3.11. The Balaban J connectivity index is 1.95. The van der Waals surface area contributed by atoms with Gasteiger partial charge in [-0.25, -0.2) is 4.68 Å². The molecule has 1 aliphatic rings. The number of nitrogens with zero attached hydrogens (tertiary/aromatic N) is 2. The molecule has 2 N–H and O–H groups in total. The topological polar surface area (TPSA) is 59.3 Å². The third kappa shape index (κ3) is 2.92. The smallest absolute Gasteiger partial charge is 0.216 e. The lowest BCUT2D eigenvalue weighted by molar-refractivity contribution is 0.128. The van der Waals surface area contributed by atoms with Crippen LogP contribution in [0.4, 0.5) is 0 Å². The highest BCUT2D eigenvalue weighted by Crippen LogP contribution is 2.37. The zero-order chi connectivity index (χ0) is 13.9. The molecule has 5 heteroatoms. The van der Waals surface area contributed by atoms with Crippen LogP contribution in [-0.4, -0.2) is 35.1 Å². The lowest BCUT2D eigenvalue weighted by atomic mass is 9.87. The molecular weight excluding hydrogens is 242 g/mol. The van der Waals surface area contributed by atoms with Crippen molar-refractivity contribution in [2.75, 3.05) is 20.3 Å². The standard InChI is InChI=1S/C14H25N3O2/c1-11-12(13(19-3)17(2)16-11)8-15-9-14(10-18)6-4-5-7-14/h15,18H,4-10H2,1-3H3. The quantitative estimate of drug-likeness (QED) is 0.817. The maximum Gasteiger partial charge on any atom is 0.216 e. The number of methoxy groups -OCH3 is 1. The fraction of sp³-hybridized carbons (Fsp3) is 0.786. The van der Waals surface area contributed by atoms with Crippen LogP contribution in [0.15, 0.2) is 0 Å². The molecule has 0 unspecified atom stereocenters. The van der Waals surface area contributed by atoms with Gasteiger partial charge >= 0.3 is 0 Å². The van der Waals surface area contributed by atoms with Gasteiger partial charge in [0.2, 0.25) is 5.88 Å². The van der Waals surface area contributed by atoms with Crippen LogP contribution in [0.1, 0.15) is 36.9 Å². The monoisotopic (exact) mass is 267 g/mol. The van der Waals surface area contributed by atoms with Crippen LogP contribution in [0.3, 0.4) is 0 Å². The van der Waals surface area contributed by atoms with Crippen molar-refractivity contribution in [2.45, 2.75) is 39.2 Å². The summed E-state index contributed by atoms with van der Waals surface area (Å²) in [6.45, 7) is 3.88. The summed E-state index contributed by atoms with van der Waals surface area (Å²) in [5, 5.41) is 17.4. The van der Waals surface area contributed by atoms with Gasteiger partial charge < -0.3 is 15.2 Å². The van der Waals surface area contributed by atoms with E-state index < -0.39 is 0 Å². The number of hydrogen-bond acceptors (Lipinski definition) is 4. The minimum Gasteiger partial charge on any atom is -0.481 e. The number of rotatable bonds is 6. The van der Waals surface area contributed by atoms with Gasteiger partial charge in [0.05, 0.1) is 18.4 Å². The van der Waals surface area contributed by atoms with Gasteiger partial charge in [0, 0.05) is 32.2 Å². The maximum absolute atomic E-state index is 9.59. The second kappa shape index (κ2) is 5.92. The first kappa shape index (κ1) is 14.3. The summed E-state index contributed by atoms with van der Waals surface area (Å²) in [7, 11) is 3.56. The van der Waals surface area contributed by atoms with Crippen molar-refractivity contribution < 1.29 is 9.84 Å². The summed E-state index contributed by atoms with van der Waals surface area (Å²) >= 11 is 0. The molecule has 0 spiro atoms. The number of hydrogen-bond donors (Lipinski definition) is 2. The van der Waals surface area contributed by atoms with E-state index in [2.05, 4.69) is 10.4 Å². The first-order chi connectivity index (χ1) is 9.12. The zero-order valence-corrected chi connectivity index (χ0v) is 12.2. The summed E-state index contributed by atoms with van der Waals surface area (Å²) in [6, 6.07) is 0.